The maximum atomic E-state index is 13.0. The van der Waals surface area contributed by atoms with Gasteiger partial charge in [-0.25, -0.2) is 13.1 Å². The molecule has 0 saturated carbocycles. The molecule has 0 atom stereocenters. The van der Waals surface area contributed by atoms with Gasteiger partial charge in [0, 0.05) is 0 Å². The molecule has 3 rings (SSSR count). The van der Waals surface area contributed by atoms with Gasteiger partial charge in [0.2, 0.25) is 10.0 Å². The van der Waals surface area contributed by atoms with Gasteiger partial charge in [0.15, 0.2) is 0 Å². The second-order valence-corrected chi connectivity index (χ2v) is 9.08. The number of alkyl halides is 3. The van der Waals surface area contributed by atoms with Gasteiger partial charge in [0.25, 0.3) is 0 Å². The van der Waals surface area contributed by atoms with Gasteiger partial charge in [0.05, 0.1) is 20.5 Å². The minimum Gasteiger partial charge on any atom is -0.406 e. The van der Waals surface area contributed by atoms with E-state index in [1.54, 1.807) is 18.2 Å². The summed E-state index contributed by atoms with van der Waals surface area (Å²) in [6, 6.07) is 8.97. The van der Waals surface area contributed by atoms with Gasteiger partial charge in [-0.1, -0.05) is 29.3 Å². The van der Waals surface area contributed by atoms with Crippen molar-refractivity contribution in [1.82, 2.24) is 10.0 Å². The monoisotopic (exact) mass is 468 g/mol. The normalized spacial score (nSPS) is 17.1. The van der Waals surface area contributed by atoms with Crippen molar-refractivity contribution < 1.29 is 26.3 Å². The van der Waals surface area contributed by atoms with Crippen LogP contribution in [0.1, 0.15) is 18.4 Å². The quantitative estimate of drug-likeness (QED) is 0.680. The van der Waals surface area contributed by atoms with E-state index in [1.165, 1.54) is 0 Å². The highest BCUT2D eigenvalue weighted by atomic mass is 35.5. The van der Waals surface area contributed by atoms with E-state index < -0.39 is 27.7 Å². The summed E-state index contributed by atoms with van der Waals surface area (Å²) in [6.45, 7) is 1.14. The minimum atomic E-state index is -4.86. The fourth-order valence-electron chi connectivity index (χ4n) is 3.23. The predicted octanol–water partition coefficient (Wildman–Crippen LogP) is 4.45. The molecular formula is C18H17Cl2F3N2O3S. The highest BCUT2D eigenvalue weighted by Crippen LogP contribution is 2.36. The van der Waals surface area contributed by atoms with E-state index in [2.05, 4.69) is 14.8 Å². The second kappa shape index (κ2) is 8.31. The van der Waals surface area contributed by atoms with Gasteiger partial charge in [-0.3, -0.25) is 0 Å². The molecule has 1 aliphatic heterocycles. The van der Waals surface area contributed by atoms with Crippen LogP contribution in [-0.4, -0.2) is 27.9 Å². The molecule has 0 spiro atoms. The zero-order valence-corrected chi connectivity index (χ0v) is 17.2. The van der Waals surface area contributed by atoms with Crippen molar-refractivity contribution in [3.05, 3.63) is 58.1 Å². The first-order chi connectivity index (χ1) is 13.5. The molecule has 2 N–H and O–H groups in total. The Morgan fingerprint density at radius 1 is 1.00 bits per heavy atom. The van der Waals surface area contributed by atoms with Crippen molar-refractivity contribution in [3.63, 3.8) is 0 Å². The van der Waals surface area contributed by atoms with Gasteiger partial charge in [-0.2, -0.15) is 0 Å². The molecule has 0 aromatic heterocycles. The summed E-state index contributed by atoms with van der Waals surface area (Å²) in [4.78, 5) is -0.176. The molecule has 1 saturated heterocycles. The number of hydrogen-bond donors (Lipinski definition) is 2. The lowest BCUT2D eigenvalue weighted by Crippen LogP contribution is -2.52. The van der Waals surface area contributed by atoms with Crippen LogP contribution in [0.25, 0.3) is 0 Å². The number of hydrogen-bond acceptors (Lipinski definition) is 4. The van der Waals surface area contributed by atoms with E-state index in [0.29, 0.717) is 41.5 Å². The number of sulfonamides is 1. The lowest BCUT2D eigenvalue weighted by atomic mass is 9.82. The number of halogens is 5. The van der Waals surface area contributed by atoms with Crippen LogP contribution < -0.4 is 14.8 Å². The van der Waals surface area contributed by atoms with E-state index in [0.717, 1.165) is 24.3 Å². The molecule has 5 nitrogen and oxygen atoms in total. The Hall–Kier alpha value is -1.52. The molecule has 1 heterocycles. The van der Waals surface area contributed by atoms with Crippen LogP contribution in [0, 0.1) is 0 Å². The molecule has 0 amide bonds. The van der Waals surface area contributed by atoms with Crippen molar-refractivity contribution in [1.29, 1.82) is 0 Å². The lowest BCUT2D eigenvalue weighted by Gasteiger charge is -2.38. The average Bonchev–Trinajstić information content (AvgIpc) is 2.63. The molecule has 0 aliphatic carbocycles. The Labute approximate surface area is 176 Å². The summed E-state index contributed by atoms with van der Waals surface area (Å²) >= 11 is 12.1. The Bertz CT molecular complexity index is 977. The molecule has 0 radical (unpaired) electrons. The van der Waals surface area contributed by atoms with Crippen LogP contribution in [0.3, 0.4) is 0 Å². The van der Waals surface area contributed by atoms with E-state index in [1.807, 2.05) is 0 Å². The van der Waals surface area contributed by atoms with E-state index in [4.69, 9.17) is 23.2 Å². The molecule has 2 aromatic rings. The third-order valence-corrected chi connectivity index (χ3v) is 6.92. The van der Waals surface area contributed by atoms with Gasteiger partial charge in [-0.05, 0) is 67.9 Å². The van der Waals surface area contributed by atoms with E-state index in [-0.39, 0.29) is 4.90 Å². The smallest absolute Gasteiger partial charge is 0.406 e. The number of ether oxygens (including phenoxy) is 1. The maximum absolute atomic E-state index is 13.0. The number of piperidine rings is 1. The first-order valence-corrected chi connectivity index (χ1v) is 10.8. The van der Waals surface area contributed by atoms with Crippen molar-refractivity contribution in [2.24, 2.45) is 0 Å². The summed E-state index contributed by atoms with van der Waals surface area (Å²) in [5.41, 5.74) is -0.270. The standard InChI is InChI=1S/C18H17Cl2F3N2O3S/c19-15-6-1-12(11-16(15)20)17(7-9-24-10-8-17)25-29(26,27)14-4-2-13(3-5-14)28-18(21,22)23/h1-6,11,24-25H,7-10H2. The molecule has 1 fully saturated rings. The number of nitrogens with one attached hydrogen (secondary N) is 2. The van der Waals surface area contributed by atoms with Crippen molar-refractivity contribution in [2.45, 2.75) is 29.6 Å². The van der Waals surface area contributed by atoms with Crippen molar-refractivity contribution >= 4 is 33.2 Å². The fraction of sp³-hybridized carbons (Fsp3) is 0.333. The highest BCUT2D eigenvalue weighted by molar-refractivity contribution is 7.89. The molecule has 29 heavy (non-hydrogen) atoms. The molecule has 1 aliphatic rings. The first kappa shape index (κ1) is 22.2. The van der Waals surface area contributed by atoms with E-state index >= 15 is 0 Å². The van der Waals surface area contributed by atoms with Gasteiger partial charge in [0.1, 0.15) is 5.75 Å². The highest BCUT2D eigenvalue weighted by Gasteiger charge is 2.38. The molecule has 158 valence electrons. The van der Waals surface area contributed by atoms with Crippen LogP contribution in [0.2, 0.25) is 10.0 Å². The summed E-state index contributed by atoms with van der Waals surface area (Å²) in [5.74, 6) is -0.502. The topological polar surface area (TPSA) is 67.4 Å². The Balaban J connectivity index is 1.91. The van der Waals surface area contributed by atoms with Crippen LogP contribution in [0.5, 0.6) is 5.75 Å². The van der Waals surface area contributed by atoms with Crippen molar-refractivity contribution in [3.8, 4) is 5.75 Å². The second-order valence-electron chi connectivity index (χ2n) is 6.59. The van der Waals surface area contributed by atoms with Crippen molar-refractivity contribution in [2.75, 3.05) is 13.1 Å². The summed E-state index contributed by atoms with van der Waals surface area (Å²) in [6.07, 6.45) is -3.94. The molecular weight excluding hydrogens is 452 g/mol. The Morgan fingerprint density at radius 2 is 1.62 bits per heavy atom. The van der Waals surface area contributed by atoms with Gasteiger partial charge >= 0.3 is 6.36 Å². The van der Waals surface area contributed by atoms with Crippen LogP contribution >= 0.6 is 23.2 Å². The summed E-state index contributed by atoms with van der Waals surface area (Å²) in [7, 11) is -4.04. The Morgan fingerprint density at radius 3 is 2.17 bits per heavy atom. The molecule has 2 aromatic carbocycles. The van der Waals surface area contributed by atoms with Crippen LogP contribution in [-0.2, 0) is 15.6 Å². The SMILES string of the molecule is O=S(=O)(NC1(c2ccc(Cl)c(Cl)c2)CCNCC1)c1ccc(OC(F)(F)F)cc1. The third-order valence-electron chi connectivity index (χ3n) is 4.63. The summed E-state index contributed by atoms with van der Waals surface area (Å²) in [5, 5.41) is 3.82. The van der Waals surface area contributed by atoms with Gasteiger partial charge < -0.3 is 10.1 Å². The first-order valence-electron chi connectivity index (χ1n) is 8.57. The predicted molar refractivity (Wildman–Crippen MR) is 104 cm³/mol. The molecule has 11 heteroatoms. The maximum Gasteiger partial charge on any atom is 0.573 e. The lowest BCUT2D eigenvalue weighted by molar-refractivity contribution is -0.274. The summed E-state index contributed by atoms with van der Waals surface area (Å²) < 4.78 is 69.4. The zero-order valence-electron chi connectivity index (χ0n) is 14.9. The fourth-order valence-corrected chi connectivity index (χ4v) is 4.98. The Kier molecular flexibility index (Phi) is 6.35. The zero-order chi connectivity index (χ0) is 21.3. The van der Waals surface area contributed by atoms with Gasteiger partial charge in [-0.15, -0.1) is 13.2 Å². The average molecular weight is 469 g/mol. The largest absolute Gasteiger partial charge is 0.573 e. The molecule has 0 unspecified atom stereocenters. The minimum absolute atomic E-state index is 0.176. The molecule has 0 bridgehead atoms. The number of rotatable bonds is 5. The third kappa shape index (κ3) is 5.35. The van der Waals surface area contributed by atoms with Crippen LogP contribution in [0.4, 0.5) is 13.2 Å². The van der Waals surface area contributed by atoms with Crippen LogP contribution in [0.15, 0.2) is 47.4 Å². The number of benzene rings is 2. The van der Waals surface area contributed by atoms with E-state index in [9.17, 15) is 21.6 Å².